The zero-order valence-corrected chi connectivity index (χ0v) is 11.4. The second-order valence-corrected chi connectivity index (χ2v) is 4.76. The first kappa shape index (κ1) is 13.1. The minimum absolute atomic E-state index is 0.0897. The minimum Gasteiger partial charge on any atom is -0.496 e. The van der Waals surface area contributed by atoms with Crippen molar-refractivity contribution in [1.82, 2.24) is 9.97 Å². The molecule has 5 nitrogen and oxygen atoms in total. The molecule has 1 amide bonds. The third-order valence-electron chi connectivity index (χ3n) is 2.03. The molecule has 2 rings (SSSR count). The molecule has 0 fully saturated rings. The summed E-state index contributed by atoms with van der Waals surface area (Å²) < 4.78 is 5.00. The van der Waals surface area contributed by atoms with Crippen molar-refractivity contribution in [2.24, 2.45) is 0 Å². The fourth-order valence-corrected chi connectivity index (χ4v) is 2.33. The Hall–Kier alpha value is -1.37. The number of hydrogen-bond donors (Lipinski definition) is 1. The number of rotatable bonds is 3. The van der Waals surface area contributed by atoms with E-state index in [1.807, 2.05) is 0 Å². The standard InChI is InChI=1S/C10H7Cl2N3O2S/c1-17-5-2-6(18-3-5)10(16)15-7-8(11)13-4-14-9(7)12/h2-4H,1H3,(H,15,16). The monoisotopic (exact) mass is 303 g/mol. The summed E-state index contributed by atoms with van der Waals surface area (Å²) in [6.07, 6.45) is 1.22. The van der Waals surface area contributed by atoms with Crippen molar-refractivity contribution < 1.29 is 9.53 Å². The molecule has 0 spiro atoms. The molecule has 0 saturated heterocycles. The second kappa shape index (κ2) is 5.51. The number of carbonyl (C=O) groups is 1. The van der Waals surface area contributed by atoms with Crippen LogP contribution in [0.4, 0.5) is 5.69 Å². The Morgan fingerprint density at radius 2 is 2.06 bits per heavy atom. The zero-order chi connectivity index (χ0) is 13.1. The molecule has 0 bridgehead atoms. The lowest BCUT2D eigenvalue weighted by Crippen LogP contribution is -2.11. The van der Waals surface area contributed by atoms with E-state index < -0.39 is 0 Å². The van der Waals surface area contributed by atoms with E-state index in [2.05, 4.69) is 15.3 Å². The van der Waals surface area contributed by atoms with Gasteiger partial charge in [0.15, 0.2) is 10.3 Å². The molecule has 2 aromatic heterocycles. The molecule has 2 aromatic rings. The fourth-order valence-electron chi connectivity index (χ4n) is 1.17. The molecular formula is C10H7Cl2N3O2S. The van der Waals surface area contributed by atoms with Gasteiger partial charge in [0.25, 0.3) is 5.91 Å². The Labute approximate surface area is 117 Å². The molecule has 1 N–H and O–H groups in total. The van der Waals surface area contributed by atoms with Gasteiger partial charge in [-0.25, -0.2) is 9.97 Å². The summed E-state index contributed by atoms with van der Waals surface area (Å²) in [7, 11) is 1.53. The van der Waals surface area contributed by atoms with Gasteiger partial charge >= 0.3 is 0 Å². The van der Waals surface area contributed by atoms with Crippen molar-refractivity contribution in [2.45, 2.75) is 0 Å². The molecule has 0 aliphatic carbocycles. The van der Waals surface area contributed by atoms with Gasteiger partial charge in [0.2, 0.25) is 0 Å². The molecule has 0 aliphatic heterocycles. The summed E-state index contributed by atoms with van der Waals surface area (Å²) >= 11 is 12.9. The number of thiophene rings is 1. The van der Waals surface area contributed by atoms with Crippen molar-refractivity contribution in [1.29, 1.82) is 0 Å². The van der Waals surface area contributed by atoms with E-state index in [1.54, 1.807) is 11.4 Å². The van der Waals surface area contributed by atoms with Gasteiger partial charge in [-0.3, -0.25) is 4.79 Å². The quantitative estimate of drug-likeness (QED) is 0.885. The SMILES string of the molecule is COc1csc(C(=O)Nc2c(Cl)ncnc2Cl)c1. The summed E-state index contributed by atoms with van der Waals surface area (Å²) in [6.45, 7) is 0. The Morgan fingerprint density at radius 3 is 2.61 bits per heavy atom. The average molecular weight is 304 g/mol. The Morgan fingerprint density at radius 1 is 1.39 bits per heavy atom. The van der Waals surface area contributed by atoms with Crippen molar-refractivity contribution in [2.75, 3.05) is 12.4 Å². The van der Waals surface area contributed by atoms with Gasteiger partial charge in [0.1, 0.15) is 17.8 Å². The topological polar surface area (TPSA) is 64.1 Å². The average Bonchev–Trinajstić information content (AvgIpc) is 2.82. The molecular weight excluding hydrogens is 297 g/mol. The molecule has 0 aliphatic rings. The molecule has 0 atom stereocenters. The highest BCUT2D eigenvalue weighted by Crippen LogP contribution is 2.28. The fraction of sp³-hybridized carbons (Fsp3) is 0.100. The van der Waals surface area contributed by atoms with Gasteiger partial charge in [-0.1, -0.05) is 23.2 Å². The number of nitrogens with one attached hydrogen (secondary N) is 1. The van der Waals surface area contributed by atoms with Crippen LogP contribution in [0.1, 0.15) is 9.67 Å². The van der Waals surface area contributed by atoms with Crippen LogP contribution in [0.5, 0.6) is 5.75 Å². The number of halogens is 2. The van der Waals surface area contributed by atoms with Crippen LogP contribution in [0.2, 0.25) is 10.3 Å². The predicted octanol–water partition coefficient (Wildman–Crippen LogP) is 3.11. The summed E-state index contributed by atoms with van der Waals surface area (Å²) in [6, 6.07) is 1.62. The number of ether oxygens (including phenoxy) is 1. The molecule has 8 heteroatoms. The number of hydrogen-bond acceptors (Lipinski definition) is 5. The summed E-state index contributed by atoms with van der Waals surface area (Å²) in [4.78, 5) is 19.9. The van der Waals surface area contributed by atoms with Crippen LogP contribution < -0.4 is 10.1 Å². The number of anilines is 1. The number of amides is 1. The third kappa shape index (κ3) is 2.72. The lowest BCUT2D eigenvalue weighted by atomic mass is 10.4. The van der Waals surface area contributed by atoms with Crippen molar-refractivity contribution in [3.63, 3.8) is 0 Å². The van der Waals surface area contributed by atoms with Crippen LogP contribution >= 0.6 is 34.5 Å². The zero-order valence-electron chi connectivity index (χ0n) is 9.11. The number of carbonyl (C=O) groups excluding carboxylic acids is 1. The number of nitrogens with zero attached hydrogens (tertiary/aromatic N) is 2. The molecule has 94 valence electrons. The van der Waals surface area contributed by atoms with Crippen LogP contribution in [0, 0.1) is 0 Å². The highest BCUT2D eigenvalue weighted by molar-refractivity contribution is 7.12. The molecule has 18 heavy (non-hydrogen) atoms. The summed E-state index contributed by atoms with van der Waals surface area (Å²) in [5.74, 6) is 0.272. The Bertz CT molecular complexity index is 568. The van der Waals surface area contributed by atoms with E-state index in [9.17, 15) is 4.79 Å². The van der Waals surface area contributed by atoms with Crippen LogP contribution in [0.3, 0.4) is 0 Å². The van der Waals surface area contributed by atoms with E-state index in [-0.39, 0.29) is 21.9 Å². The Balaban J connectivity index is 2.21. The second-order valence-electron chi connectivity index (χ2n) is 3.14. The van der Waals surface area contributed by atoms with Gasteiger partial charge in [-0.15, -0.1) is 11.3 Å². The summed E-state index contributed by atoms with van der Waals surface area (Å²) in [5, 5.41) is 4.46. The van der Waals surface area contributed by atoms with Gasteiger partial charge in [-0.05, 0) is 0 Å². The van der Waals surface area contributed by atoms with Crippen LogP contribution in [-0.4, -0.2) is 23.0 Å². The normalized spacial score (nSPS) is 10.2. The highest BCUT2D eigenvalue weighted by atomic mass is 35.5. The van der Waals surface area contributed by atoms with Crippen LogP contribution in [0.25, 0.3) is 0 Å². The predicted molar refractivity (Wildman–Crippen MR) is 70.9 cm³/mol. The smallest absolute Gasteiger partial charge is 0.266 e. The van der Waals surface area contributed by atoms with Gasteiger partial charge < -0.3 is 10.1 Å². The minimum atomic E-state index is -0.345. The first-order chi connectivity index (χ1) is 8.61. The van der Waals surface area contributed by atoms with Gasteiger partial charge in [0, 0.05) is 11.4 Å². The van der Waals surface area contributed by atoms with E-state index >= 15 is 0 Å². The molecule has 0 aromatic carbocycles. The molecule has 0 radical (unpaired) electrons. The van der Waals surface area contributed by atoms with Crippen LogP contribution in [-0.2, 0) is 0 Å². The van der Waals surface area contributed by atoms with E-state index in [0.717, 1.165) is 0 Å². The van der Waals surface area contributed by atoms with Crippen molar-refractivity contribution in [3.8, 4) is 5.75 Å². The van der Waals surface area contributed by atoms with E-state index in [4.69, 9.17) is 27.9 Å². The lowest BCUT2D eigenvalue weighted by Gasteiger charge is -2.05. The van der Waals surface area contributed by atoms with Crippen LogP contribution in [0.15, 0.2) is 17.8 Å². The highest BCUT2D eigenvalue weighted by Gasteiger charge is 2.15. The van der Waals surface area contributed by atoms with E-state index in [0.29, 0.717) is 10.6 Å². The van der Waals surface area contributed by atoms with E-state index in [1.165, 1.54) is 24.8 Å². The maximum Gasteiger partial charge on any atom is 0.266 e. The first-order valence-electron chi connectivity index (χ1n) is 4.71. The van der Waals surface area contributed by atoms with Crippen molar-refractivity contribution in [3.05, 3.63) is 33.0 Å². The maximum absolute atomic E-state index is 11.9. The maximum atomic E-state index is 11.9. The summed E-state index contributed by atoms with van der Waals surface area (Å²) in [5.41, 5.74) is 0.193. The van der Waals surface area contributed by atoms with Crippen molar-refractivity contribution >= 4 is 46.1 Å². The molecule has 0 saturated carbocycles. The third-order valence-corrected chi connectivity index (χ3v) is 3.51. The Kier molecular flexibility index (Phi) is 4.00. The van der Waals surface area contributed by atoms with Gasteiger partial charge in [0.05, 0.1) is 12.0 Å². The molecule has 0 unspecified atom stereocenters. The first-order valence-corrected chi connectivity index (χ1v) is 6.35. The number of methoxy groups -OCH3 is 1. The lowest BCUT2D eigenvalue weighted by molar-refractivity contribution is 0.103. The number of aromatic nitrogens is 2. The van der Waals surface area contributed by atoms with Gasteiger partial charge in [-0.2, -0.15) is 0 Å². The molecule has 2 heterocycles. The largest absolute Gasteiger partial charge is 0.496 e.